The van der Waals surface area contributed by atoms with Crippen LogP contribution in [0.25, 0.3) is 0 Å². The first-order chi connectivity index (χ1) is 7.38. The van der Waals surface area contributed by atoms with Crippen LogP contribution in [-0.2, 0) is 0 Å². The summed E-state index contributed by atoms with van der Waals surface area (Å²) in [7, 11) is 0. The molecule has 0 spiro atoms. The van der Waals surface area contributed by atoms with E-state index in [1.54, 1.807) is 0 Å². The number of hydrogen-bond acceptors (Lipinski definition) is 2. The molecular formula is C14H29NS. The second-order valence-electron chi connectivity index (χ2n) is 6.46. The van der Waals surface area contributed by atoms with E-state index < -0.39 is 0 Å². The maximum absolute atomic E-state index is 3.66. The summed E-state index contributed by atoms with van der Waals surface area (Å²) in [5.41, 5.74) is 0.253. The van der Waals surface area contributed by atoms with Gasteiger partial charge in [-0.2, -0.15) is 11.8 Å². The van der Waals surface area contributed by atoms with Crippen molar-refractivity contribution in [1.82, 2.24) is 5.32 Å². The zero-order valence-electron chi connectivity index (χ0n) is 11.7. The average molecular weight is 243 g/mol. The van der Waals surface area contributed by atoms with E-state index in [0.717, 1.165) is 23.0 Å². The fraction of sp³-hybridized carbons (Fsp3) is 1.00. The zero-order valence-corrected chi connectivity index (χ0v) is 12.5. The maximum atomic E-state index is 3.66. The second kappa shape index (κ2) is 6.30. The number of hydrogen-bond donors (Lipinski definition) is 1. The van der Waals surface area contributed by atoms with Crippen molar-refractivity contribution in [3.05, 3.63) is 0 Å². The van der Waals surface area contributed by atoms with Crippen molar-refractivity contribution >= 4 is 11.8 Å². The van der Waals surface area contributed by atoms with Crippen LogP contribution in [0.1, 0.15) is 60.3 Å². The highest BCUT2D eigenvalue weighted by Crippen LogP contribution is 2.34. The molecule has 1 rings (SSSR count). The third-order valence-electron chi connectivity index (χ3n) is 3.25. The third kappa shape index (κ3) is 5.58. The Balaban J connectivity index is 2.35. The van der Waals surface area contributed by atoms with Crippen molar-refractivity contribution in [3.8, 4) is 0 Å². The Bertz CT molecular complexity index is 189. The van der Waals surface area contributed by atoms with E-state index in [-0.39, 0.29) is 5.54 Å². The Morgan fingerprint density at radius 2 is 1.75 bits per heavy atom. The van der Waals surface area contributed by atoms with Gasteiger partial charge >= 0.3 is 0 Å². The summed E-state index contributed by atoms with van der Waals surface area (Å²) < 4.78 is 0. The third-order valence-corrected chi connectivity index (χ3v) is 5.16. The molecule has 0 radical (unpaired) electrons. The number of rotatable bonds is 5. The van der Waals surface area contributed by atoms with Crippen LogP contribution in [0.3, 0.4) is 0 Å². The van der Waals surface area contributed by atoms with Gasteiger partial charge in [0, 0.05) is 22.6 Å². The molecule has 0 bridgehead atoms. The van der Waals surface area contributed by atoms with Crippen LogP contribution in [0.2, 0.25) is 0 Å². The lowest BCUT2D eigenvalue weighted by Gasteiger charge is -2.29. The van der Waals surface area contributed by atoms with Gasteiger partial charge in [0.05, 0.1) is 0 Å². The van der Waals surface area contributed by atoms with Gasteiger partial charge in [-0.25, -0.2) is 0 Å². The van der Waals surface area contributed by atoms with Gasteiger partial charge in [-0.1, -0.05) is 26.7 Å². The van der Waals surface area contributed by atoms with Gasteiger partial charge in [0.1, 0.15) is 0 Å². The van der Waals surface area contributed by atoms with E-state index in [1.165, 1.54) is 25.7 Å². The van der Waals surface area contributed by atoms with E-state index in [4.69, 9.17) is 0 Å². The van der Waals surface area contributed by atoms with Gasteiger partial charge < -0.3 is 5.32 Å². The highest BCUT2D eigenvalue weighted by Gasteiger charge is 2.23. The molecule has 2 heteroatoms. The predicted octanol–water partition coefficient (Wildman–Crippen LogP) is 4.07. The molecule has 0 aromatic carbocycles. The molecule has 0 amide bonds. The molecule has 0 aromatic heterocycles. The van der Waals surface area contributed by atoms with Crippen molar-refractivity contribution in [2.45, 2.75) is 76.3 Å². The molecule has 1 atom stereocenters. The minimum Gasteiger partial charge on any atom is -0.311 e. The highest BCUT2D eigenvalue weighted by molar-refractivity contribution is 8.00. The fourth-order valence-corrected chi connectivity index (χ4v) is 3.71. The SMILES string of the molecule is CC(C)C(CNC(C)(C)C)SC1CCCC1. The van der Waals surface area contributed by atoms with Crippen LogP contribution in [0, 0.1) is 5.92 Å². The van der Waals surface area contributed by atoms with Gasteiger partial charge in [0.15, 0.2) is 0 Å². The molecule has 1 fully saturated rings. The van der Waals surface area contributed by atoms with Crippen LogP contribution in [0.5, 0.6) is 0 Å². The van der Waals surface area contributed by atoms with E-state index in [0.29, 0.717) is 0 Å². The summed E-state index contributed by atoms with van der Waals surface area (Å²) in [5, 5.41) is 5.38. The van der Waals surface area contributed by atoms with Gasteiger partial charge in [0.2, 0.25) is 0 Å². The van der Waals surface area contributed by atoms with Crippen molar-refractivity contribution < 1.29 is 0 Å². The van der Waals surface area contributed by atoms with Crippen LogP contribution >= 0.6 is 11.8 Å². The van der Waals surface area contributed by atoms with E-state index in [9.17, 15) is 0 Å². The molecule has 16 heavy (non-hydrogen) atoms. The zero-order chi connectivity index (χ0) is 12.2. The predicted molar refractivity (Wildman–Crippen MR) is 76.2 cm³/mol. The Morgan fingerprint density at radius 1 is 1.19 bits per heavy atom. The van der Waals surface area contributed by atoms with Gasteiger partial charge in [0.25, 0.3) is 0 Å². The highest BCUT2D eigenvalue weighted by atomic mass is 32.2. The Hall–Kier alpha value is 0.310. The molecule has 1 unspecified atom stereocenters. The van der Waals surface area contributed by atoms with E-state index in [2.05, 4.69) is 51.7 Å². The summed E-state index contributed by atoms with van der Waals surface area (Å²) in [6, 6.07) is 0. The van der Waals surface area contributed by atoms with Crippen molar-refractivity contribution in [3.63, 3.8) is 0 Å². The Kier molecular flexibility index (Phi) is 5.66. The summed E-state index contributed by atoms with van der Waals surface area (Å²) in [6.07, 6.45) is 5.80. The first-order valence-corrected chi connectivity index (χ1v) is 7.73. The molecule has 1 aliphatic rings. The number of thioether (sulfide) groups is 1. The first kappa shape index (κ1) is 14.4. The average Bonchev–Trinajstić information content (AvgIpc) is 2.62. The van der Waals surface area contributed by atoms with Gasteiger partial charge in [-0.3, -0.25) is 0 Å². The van der Waals surface area contributed by atoms with Crippen LogP contribution in [-0.4, -0.2) is 22.6 Å². The molecular weight excluding hydrogens is 214 g/mol. The monoisotopic (exact) mass is 243 g/mol. The summed E-state index contributed by atoms with van der Waals surface area (Å²) >= 11 is 2.24. The summed E-state index contributed by atoms with van der Waals surface area (Å²) in [6.45, 7) is 12.6. The fourth-order valence-electron chi connectivity index (χ4n) is 2.12. The Morgan fingerprint density at radius 3 is 2.19 bits per heavy atom. The molecule has 96 valence electrons. The molecule has 0 aliphatic heterocycles. The molecule has 0 heterocycles. The topological polar surface area (TPSA) is 12.0 Å². The Labute approximate surface area is 106 Å². The largest absolute Gasteiger partial charge is 0.311 e. The maximum Gasteiger partial charge on any atom is 0.0198 e. The minimum atomic E-state index is 0.253. The lowest BCUT2D eigenvalue weighted by molar-refractivity contribution is 0.407. The van der Waals surface area contributed by atoms with Crippen molar-refractivity contribution in [2.24, 2.45) is 5.92 Å². The van der Waals surface area contributed by atoms with Crippen LogP contribution < -0.4 is 5.32 Å². The molecule has 1 N–H and O–H groups in total. The molecule has 1 nitrogen and oxygen atoms in total. The van der Waals surface area contributed by atoms with Crippen molar-refractivity contribution in [2.75, 3.05) is 6.54 Å². The molecule has 1 saturated carbocycles. The lowest BCUT2D eigenvalue weighted by atomic mass is 10.1. The quantitative estimate of drug-likeness (QED) is 0.781. The number of nitrogens with one attached hydrogen (secondary N) is 1. The van der Waals surface area contributed by atoms with E-state index in [1.807, 2.05) is 0 Å². The molecule has 1 aliphatic carbocycles. The smallest absolute Gasteiger partial charge is 0.0198 e. The summed E-state index contributed by atoms with van der Waals surface area (Å²) in [5.74, 6) is 0.778. The second-order valence-corrected chi connectivity index (χ2v) is 8.00. The van der Waals surface area contributed by atoms with Gasteiger partial charge in [-0.05, 0) is 39.5 Å². The van der Waals surface area contributed by atoms with Crippen molar-refractivity contribution in [1.29, 1.82) is 0 Å². The van der Waals surface area contributed by atoms with Gasteiger partial charge in [-0.15, -0.1) is 0 Å². The minimum absolute atomic E-state index is 0.253. The normalized spacial score (nSPS) is 20.6. The molecule has 0 aromatic rings. The van der Waals surface area contributed by atoms with E-state index >= 15 is 0 Å². The van der Waals surface area contributed by atoms with Crippen LogP contribution in [0.4, 0.5) is 0 Å². The van der Waals surface area contributed by atoms with Crippen LogP contribution in [0.15, 0.2) is 0 Å². The summed E-state index contributed by atoms with van der Waals surface area (Å²) in [4.78, 5) is 0. The lowest BCUT2D eigenvalue weighted by Crippen LogP contribution is -2.41. The first-order valence-electron chi connectivity index (χ1n) is 6.79. The standard InChI is InChI=1S/C14H29NS/c1-11(2)13(10-15-14(3,4)5)16-12-8-6-7-9-12/h11-13,15H,6-10H2,1-5H3. The molecule has 0 saturated heterocycles.